The van der Waals surface area contributed by atoms with Crippen LogP contribution in [0.25, 0.3) is 0 Å². The molecule has 1 aromatic heterocycles. The molecule has 0 radical (unpaired) electrons. The number of ketones is 1. The minimum atomic E-state index is -3.60. The van der Waals surface area contributed by atoms with Crippen molar-refractivity contribution in [2.45, 2.75) is 17.9 Å². The number of carbonyl (C=O) groups excluding carboxylic acids is 1. The van der Waals surface area contributed by atoms with E-state index in [9.17, 15) is 13.2 Å². The van der Waals surface area contributed by atoms with Gasteiger partial charge in [-0.1, -0.05) is 18.2 Å². The minimum Gasteiger partial charge on any atom is -0.472 e. The number of aromatic nitrogens is 1. The van der Waals surface area contributed by atoms with Gasteiger partial charge in [0.1, 0.15) is 6.10 Å². The molecule has 0 amide bonds. The number of hydrogen-bond donors (Lipinski definition) is 0. The van der Waals surface area contributed by atoms with Gasteiger partial charge in [-0.05, 0) is 25.1 Å². The first kappa shape index (κ1) is 15.6. The monoisotopic (exact) mass is 332 g/mol. The predicted octanol–water partition coefficient (Wildman–Crippen LogP) is 1.74. The summed E-state index contributed by atoms with van der Waals surface area (Å²) in [6, 6.07) is 11.4. The van der Waals surface area contributed by atoms with E-state index >= 15 is 0 Å². The fraction of sp³-hybridized carbons (Fsp3) is 0.250. The fourth-order valence-corrected chi connectivity index (χ4v) is 3.83. The third-order valence-corrected chi connectivity index (χ3v) is 5.45. The molecule has 0 N–H and O–H groups in total. The van der Waals surface area contributed by atoms with Crippen LogP contribution in [-0.2, 0) is 10.0 Å². The lowest BCUT2D eigenvalue weighted by Gasteiger charge is -2.37. The quantitative estimate of drug-likeness (QED) is 0.780. The summed E-state index contributed by atoms with van der Waals surface area (Å²) < 4.78 is 32.0. The van der Waals surface area contributed by atoms with Gasteiger partial charge >= 0.3 is 0 Å². The Balaban J connectivity index is 1.68. The summed E-state index contributed by atoms with van der Waals surface area (Å²) in [5.41, 5.74) is 0.382. The zero-order chi connectivity index (χ0) is 16.4. The number of benzene rings is 1. The summed E-state index contributed by atoms with van der Waals surface area (Å²) in [4.78, 5) is 15.6. The molecule has 0 bridgehead atoms. The third-order valence-electron chi connectivity index (χ3n) is 3.62. The van der Waals surface area contributed by atoms with Crippen LogP contribution in [0.4, 0.5) is 0 Å². The number of nitrogens with zero attached hydrogens (tertiary/aromatic N) is 2. The molecule has 1 aliphatic rings. The van der Waals surface area contributed by atoms with E-state index in [1.807, 2.05) is 6.07 Å². The Labute approximate surface area is 134 Å². The highest BCUT2D eigenvalue weighted by Crippen LogP contribution is 2.24. The van der Waals surface area contributed by atoms with Gasteiger partial charge in [0.05, 0.1) is 18.0 Å². The summed E-state index contributed by atoms with van der Waals surface area (Å²) in [7, 11) is -3.60. The van der Waals surface area contributed by atoms with Crippen molar-refractivity contribution in [1.82, 2.24) is 9.29 Å². The maximum Gasteiger partial charge on any atom is 0.243 e. The smallest absolute Gasteiger partial charge is 0.243 e. The Morgan fingerprint density at radius 2 is 2.00 bits per heavy atom. The highest BCUT2D eigenvalue weighted by molar-refractivity contribution is 7.89. The molecule has 3 rings (SSSR count). The Morgan fingerprint density at radius 3 is 2.65 bits per heavy atom. The topological polar surface area (TPSA) is 76.6 Å². The highest BCUT2D eigenvalue weighted by atomic mass is 32.2. The van der Waals surface area contributed by atoms with Gasteiger partial charge in [0.15, 0.2) is 5.78 Å². The maximum atomic E-state index is 12.5. The zero-order valence-corrected chi connectivity index (χ0v) is 13.4. The maximum absolute atomic E-state index is 12.5. The van der Waals surface area contributed by atoms with E-state index in [4.69, 9.17) is 4.74 Å². The summed E-state index contributed by atoms with van der Waals surface area (Å²) in [6.07, 6.45) is 1.41. The number of Topliss-reactive ketones (excluding diaryl/α,β-unsaturated/α-hetero) is 1. The van der Waals surface area contributed by atoms with E-state index in [2.05, 4.69) is 4.98 Å². The average Bonchev–Trinajstić information content (AvgIpc) is 2.51. The Kier molecular flexibility index (Phi) is 4.14. The first-order valence-corrected chi connectivity index (χ1v) is 8.59. The molecule has 6 nitrogen and oxygen atoms in total. The molecule has 0 aliphatic carbocycles. The van der Waals surface area contributed by atoms with Crippen LogP contribution in [0.15, 0.2) is 53.6 Å². The Bertz CT molecular complexity index is 815. The number of rotatable bonds is 5. The largest absolute Gasteiger partial charge is 0.472 e. The fourth-order valence-electron chi connectivity index (χ4n) is 2.28. The Morgan fingerprint density at radius 1 is 1.22 bits per heavy atom. The van der Waals surface area contributed by atoms with Crippen molar-refractivity contribution in [2.24, 2.45) is 0 Å². The molecule has 0 atom stereocenters. The van der Waals surface area contributed by atoms with Gasteiger partial charge in [-0.15, -0.1) is 0 Å². The van der Waals surface area contributed by atoms with Gasteiger partial charge in [0.25, 0.3) is 0 Å². The normalized spacial score (nSPS) is 15.9. The van der Waals surface area contributed by atoms with E-state index in [1.54, 1.807) is 30.5 Å². The van der Waals surface area contributed by atoms with Gasteiger partial charge in [-0.25, -0.2) is 13.4 Å². The van der Waals surface area contributed by atoms with Crippen molar-refractivity contribution in [3.05, 3.63) is 54.2 Å². The van der Waals surface area contributed by atoms with E-state index in [-0.39, 0.29) is 29.9 Å². The molecule has 120 valence electrons. The average molecular weight is 332 g/mol. The number of pyridine rings is 1. The summed E-state index contributed by atoms with van der Waals surface area (Å²) >= 11 is 0. The van der Waals surface area contributed by atoms with Gasteiger partial charge in [-0.2, -0.15) is 4.31 Å². The third kappa shape index (κ3) is 3.25. The van der Waals surface area contributed by atoms with Gasteiger partial charge in [0, 0.05) is 17.8 Å². The lowest BCUT2D eigenvalue weighted by atomic mass is 10.2. The second-order valence-corrected chi connectivity index (χ2v) is 7.25. The van der Waals surface area contributed by atoms with Crippen molar-refractivity contribution < 1.29 is 17.9 Å². The molecular formula is C16H16N2O4S. The van der Waals surface area contributed by atoms with Crippen LogP contribution in [0.1, 0.15) is 17.3 Å². The number of sulfonamides is 1. The van der Waals surface area contributed by atoms with Gasteiger partial charge in [-0.3, -0.25) is 4.79 Å². The molecule has 0 unspecified atom stereocenters. The van der Waals surface area contributed by atoms with Crippen LogP contribution < -0.4 is 4.74 Å². The van der Waals surface area contributed by atoms with Crippen LogP contribution in [0.2, 0.25) is 0 Å². The Hall–Kier alpha value is -2.25. The molecule has 1 aromatic carbocycles. The lowest BCUT2D eigenvalue weighted by Crippen LogP contribution is -2.56. The molecule has 0 saturated carbocycles. The second kappa shape index (κ2) is 6.10. The summed E-state index contributed by atoms with van der Waals surface area (Å²) in [6.45, 7) is 1.94. The van der Waals surface area contributed by atoms with E-state index in [0.717, 1.165) is 0 Å². The van der Waals surface area contributed by atoms with Crippen molar-refractivity contribution in [3.8, 4) is 5.88 Å². The number of carbonyl (C=O) groups is 1. The standard InChI is InChI=1S/C16H16N2O4S/c1-12(19)13-5-4-6-15(9-13)23(20,21)18-10-14(11-18)22-16-7-2-3-8-17-16/h2-9,14H,10-11H2,1H3. The molecule has 2 aromatic rings. The molecular weight excluding hydrogens is 316 g/mol. The van der Waals surface area contributed by atoms with Crippen LogP contribution in [0.3, 0.4) is 0 Å². The SMILES string of the molecule is CC(=O)c1cccc(S(=O)(=O)N2CC(Oc3ccccn3)C2)c1. The number of hydrogen-bond acceptors (Lipinski definition) is 5. The zero-order valence-electron chi connectivity index (χ0n) is 12.5. The molecule has 23 heavy (non-hydrogen) atoms. The van der Waals surface area contributed by atoms with Crippen LogP contribution in [0.5, 0.6) is 5.88 Å². The molecule has 1 fully saturated rings. The van der Waals surface area contributed by atoms with Crippen LogP contribution in [-0.4, -0.2) is 42.7 Å². The first-order chi connectivity index (χ1) is 11.0. The van der Waals surface area contributed by atoms with Crippen LogP contribution in [0, 0.1) is 0 Å². The molecule has 7 heteroatoms. The lowest BCUT2D eigenvalue weighted by molar-refractivity contribution is 0.0721. The van der Waals surface area contributed by atoms with Crippen LogP contribution >= 0.6 is 0 Å². The van der Waals surface area contributed by atoms with Gasteiger partial charge < -0.3 is 4.74 Å². The van der Waals surface area contributed by atoms with E-state index in [0.29, 0.717) is 11.4 Å². The summed E-state index contributed by atoms with van der Waals surface area (Å²) in [5, 5.41) is 0. The molecule has 1 saturated heterocycles. The molecule has 2 heterocycles. The highest BCUT2D eigenvalue weighted by Gasteiger charge is 2.38. The van der Waals surface area contributed by atoms with Crippen molar-refractivity contribution in [1.29, 1.82) is 0 Å². The van der Waals surface area contributed by atoms with E-state index < -0.39 is 10.0 Å². The minimum absolute atomic E-state index is 0.126. The molecule has 0 spiro atoms. The van der Waals surface area contributed by atoms with Crippen molar-refractivity contribution >= 4 is 15.8 Å². The summed E-state index contributed by atoms with van der Waals surface area (Å²) in [5.74, 6) is 0.315. The molecule has 1 aliphatic heterocycles. The van der Waals surface area contributed by atoms with E-state index in [1.165, 1.54) is 23.4 Å². The van der Waals surface area contributed by atoms with Gasteiger partial charge in [0.2, 0.25) is 15.9 Å². The van der Waals surface area contributed by atoms with Crippen molar-refractivity contribution in [3.63, 3.8) is 0 Å². The predicted molar refractivity (Wildman–Crippen MR) is 83.9 cm³/mol. The number of ether oxygens (including phenoxy) is 1. The first-order valence-electron chi connectivity index (χ1n) is 7.15. The second-order valence-electron chi connectivity index (χ2n) is 5.31. The van der Waals surface area contributed by atoms with Crippen molar-refractivity contribution in [2.75, 3.05) is 13.1 Å².